The van der Waals surface area contributed by atoms with E-state index in [0.29, 0.717) is 28.9 Å². The summed E-state index contributed by atoms with van der Waals surface area (Å²) in [6.07, 6.45) is 9.01. The number of hydrogen-bond acceptors (Lipinski definition) is 4. The van der Waals surface area contributed by atoms with Gasteiger partial charge in [0, 0.05) is 6.04 Å². The third-order valence-corrected chi connectivity index (χ3v) is 5.65. The molecule has 2 aliphatic rings. The van der Waals surface area contributed by atoms with E-state index in [-0.39, 0.29) is 11.9 Å². The molecule has 1 aliphatic heterocycles. The summed E-state index contributed by atoms with van der Waals surface area (Å²) in [5, 5.41) is 3.57. The molecule has 7 heteroatoms. The summed E-state index contributed by atoms with van der Waals surface area (Å²) in [5.74, 6) is 1.12. The summed E-state index contributed by atoms with van der Waals surface area (Å²) in [7, 11) is 1.58. The predicted octanol–water partition coefficient (Wildman–Crippen LogP) is 4.41. The number of halogens is 1. The average molecular weight is 451 g/mol. The van der Waals surface area contributed by atoms with Crippen molar-refractivity contribution in [3.8, 4) is 11.5 Å². The average Bonchev–Trinajstić information content (AvgIpc) is 2.94. The summed E-state index contributed by atoms with van der Waals surface area (Å²) in [4.78, 5) is 14.6. The van der Waals surface area contributed by atoms with Crippen LogP contribution in [0.1, 0.15) is 37.7 Å². The van der Waals surface area contributed by atoms with Crippen molar-refractivity contribution in [1.29, 1.82) is 0 Å². The molecule has 1 saturated carbocycles. The van der Waals surface area contributed by atoms with Crippen molar-refractivity contribution in [2.75, 3.05) is 13.7 Å². The van der Waals surface area contributed by atoms with Crippen LogP contribution in [0.15, 0.2) is 35.0 Å². The zero-order valence-corrected chi connectivity index (χ0v) is 17.7. The third kappa shape index (κ3) is 4.35. The normalized spacial score (nSPS) is 19.3. The van der Waals surface area contributed by atoms with Crippen LogP contribution in [0.3, 0.4) is 0 Å². The van der Waals surface area contributed by atoms with Crippen LogP contribution in [-0.2, 0) is 4.79 Å². The van der Waals surface area contributed by atoms with E-state index >= 15 is 0 Å². The molecule has 0 bridgehead atoms. The van der Waals surface area contributed by atoms with E-state index in [1.54, 1.807) is 24.2 Å². The number of methoxy groups -OCH3 is 1. The number of rotatable bonds is 6. The lowest BCUT2D eigenvalue weighted by atomic mass is 9.94. The monoisotopic (exact) mass is 450 g/mol. The lowest BCUT2D eigenvalue weighted by Gasteiger charge is -2.29. The smallest absolute Gasteiger partial charge is 0.276 e. The van der Waals surface area contributed by atoms with Crippen molar-refractivity contribution in [3.63, 3.8) is 0 Å². The lowest BCUT2D eigenvalue weighted by Crippen LogP contribution is -2.41. The van der Waals surface area contributed by atoms with Crippen LogP contribution < -0.4 is 14.8 Å². The number of amides is 1. The van der Waals surface area contributed by atoms with Gasteiger partial charge in [0.05, 0.1) is 11.6 Å². The van der Waals surface area contributed by atoms with Gasteiger partial charge in [-0.2, -0.15) is 0 Å². The molecule has 0 radical (unpaired) electrons. The Hall–Kier alpha value is -1.86. The van der Waals surface area contributed by atoms with E-state index in [0.717, 1.165) is 35.7 Å². The van der Waals surface area contributed by atoms with E-state index in [9.17, 15) is 4.79 Å². The fourth-order valence-corrected chi connectivity index (χ4v) is 4.41. The molecule has 1 aromatic rings. The van der Waals surface area contributed by atoms with E-state index in [1.165, 1.54) is 6.42 Å². The molecule has 3 rings (SSSR count). The summed E-state index contributed by atoms with van der Waals surface area (Å²) in [6, 6.07) is 3.92. The van der Waals surface area contributed by atoms with Gasteiger partial charge in [0.15, 0.2) is 16.6 Å². The molecule has 0 spiro atoms. The van der Waals surface area contributed by atoms with E-state index in [4.69, 9.17) is 21.7 Å². The molecule has 2 fully saturated rings. The van der Waals surface area contributed by atoms with Gasteiger partial charge in [0.2, 0.25) is 0 Å². The lowest BCUT2D eigenvalue weighted by molar-refractivity contribution is -0.124. The molecule has 1 saturated heterocycles. The van der Waals surface area contributed by atoms with Gasteiger partial charge in [-0.3, -0.25) is 9.69 Å². The maximum atomic E-state index is 12.9. The molecule has 1 amide bonds. The first kappa shape index (κ1) is 19.9. The topological polar surface area (TPSA) is 50.8 Å². The van der Waals surface area contributed by atoms with E-state index in [2.05, 4.69) is 27.8 Å². The predicted molar refractivity (Wildman–Crippen MR) is 114 cm³/mol. The van der Waals surface area contributed by atoms with Gasteiger partial charge in [-0.15, -0.1) is 0 Å². The Morgan fingerprint density at radius 2 is 2.11 bits per heavy atom. The molecule has 0 unspecified atom stereocenters. The number of nitrogens with zero attached hydrogens (tertiary/aromatic N) is 1. The number of nitrogens with one attached hydrogen (secondary N) is 1. The Kier molecular flexibility index (Phi) is 6.55. The van der Waals surface area contributed by atoms with Crippen LogP contribution in [0.2, 0.25) is 0 Å². The molecule has 1 heterocycles. The quantitative estimate of drug-likeness (QED) is 0.395. The second-order valence-electron chi connectivity index (χ2n) is 6.59. The first-order chi connectivity index (χ1) is 13.0. The Morgan fingerprint density at radius 3 is 2.78 bits per heavy atom. The Bertz CT molecular complexity index is 788. The number of benzene rings is 1. The van der Waals surface area contributed by atoms with E-state index < -0.39 is 0 Å². The molecule has 1 N–H and O–H groups in total. The number of thiocarbonyl (C=S) groups is 1. The van der Waals surface area contributed by atoms with Crippen LogP contribution in [0.4, 0.5) is 0 Å². The van der Waals surface area contributed by atoms with Gasteiger partial charge < -0.3 is 14.8 Å². The maximum absolute atomic E-state index is 12.9. The fraction of sp³-hybridized carbons (Fsp3) is 0.400. The minimum absolute atomic E-state index is 0.0611. The highest BCUT2D eigenvalue weighted by atomic mass is 79.9. The Balaban J connectivity index is 1.85. The van der Waals surface area contributed by atoms with Gasteiger partial charge in [0.25, 0.3) is 5.91 Å². The first-order valence-electron chi connectivity index (χ1n) is 9.02. The molecule has 1 aromatic carbocycles. The van der Waals surface area contributed by atoms with Crippen LogP contribution in [-0.4, -0.2) is 35.7 Å². The molecule has 144 valence electrons. The SMILES string of the molecule is C=CCOc1c(Br)cc(/C=C2\NC(=S)N(C3CCCCC3)C2=O)cc1OC. The Morgan fingerprint density at radius 1 is 1.37 bits per heavy atom. The summed E-state index contributed by atoms with van der Waals surface area (Å²) in [6.45, 7) is 4.03. The van der Waals surface area contributed by atoms with Crippen LogP contribution in [0.5, 0.6) is 11.5 Å². The minimum atomic E-state index is -0.0611. The van der Waals surface area contributed by atoms with Crippen molar-refractivity contribution in [2.24, 2.45) is 0 Å². The van der Waals surface area contributed by atoms with Crippen LogP contribution >= 0.6 is 28.1 Å². The third-order valence-electron chi connectivity index (χ3n) is 4.76. The Labute approximate surface area is 173 Å². The number of carbonyl (C=O) groups excluding carboxylic acids is 1. The molecular formula is C20H23BrN2O3S. The summed E-state index contributed by atoms with van der Waals surface area (Å²) < 4.78 is 11.8. The number of hydrogen-bond donors (Lipinski definition) is 1. The first-order valence-corrected chi connectivity index (χ1v) is 10.2. The highest BCUT2D eigenvalue weighted by Crippen LogP contribution is 2.37. The zero-order valence-electron chi connectivity index (χ0n) is 15.3. The van der Waals surface area contributed by atoms with Crippen molar-refractivity contribution in [1.82, 2.24) is 10.2 Å². The highest BCUT2D eigenvalue weighted by molar-refractivity contribution is 9.10. The summed E-state index contributed by atoms with van der Waals surface area (Å²) in [5.41, 5.74) is 1.30. The van der Waals surface area contributed by atoms with Crippen molar-refractivity contribution in [2.45, 2.75) is 38.1 Å². The van der Waals surface area contributed by atoms with Crippen molar-refractivity contribution < 1.29 is 14.3 Å². The van der Waals surface area contributed by atoms with Crippen LogP contribution in [0.25, 0.3) is 6.08 Å². The molecular weight excluding hydrogens is 428 g/mol. The van der Waals surface area contributed by atoms with Crippen molar-refractivity contribution >= 4 is 45.2 Å². The second kappa shape index (κ2) is 8.89. The maximum Gasteiger partial charge on any atom is 0.276 e. The number of carbonyl (C=O) groups is 1. The molecule has 1 aliphatic carbocycles. The van der Waals surface area contributed by atoms with Gasteiger partial charge in [0.1, 0.15) is 12.3 Å². The summed E-state index contributed by atoms with van der Waals surface area (Å²) >= 11 is 8.93. The second-order valence-corrected chi connectivity index (χ2v) is 7.83. The molecule has 0 atom stereocenters. The van der Waals surface area contributed by atoms with Gasteiger partial charge in [-0.1, -0.05) is 31.9 Å². The molecule has 0 aromatic heterocycles. The minimum Gasteiger partial charge on any atom is -0.493 e. The van der Waals surface area contributed by atoms with Crippen molar-refractivity contribution in [3.05, 3.63) is 40.5 Å². The highest BCUT2D eigenvalue weighted by Gasteiger charge is 2.36. The van der Waals surface area contributed by atoms with E-state index in [1.807, 2.05) is 12.1 Å². The molecule has 27 heavy (non-hydrogen) atoms. The van der Waals surface area contributed by atoms with Gasteiger partial charge in [-0.25, -0.2) is 0 Å². The zero-order chi connectivity index (χ0) is 19.4. The van der Waals surface area contributed by atoms with Gasteiger partial charge >= 0.3 is 0 Å². The molecule has 5 nitrogen and oxygen atoms in total. The standard InChI is InChI=1S/C20H23BrN2O3S/c1-3-9-26-18-15(21)10-13(12-17(18)25-2)11-16-19(24)23(20(27)22-16)14-7-5-4-6-8-14/h3,10-12,14H,1,4-9H2,2H3,(H,22,27)/b16-11-. The largest absolute Gasteiger partial charge is 0.493 e. The van der Waals surface area contributed by atoms with Gasteiger partial charge in [-0.05, 0) is 64.8 Å². The number of ether oxygens (including phenoxy) is 2. The fourth-order valence-electron chi connectivity index (χ4n) is 3.49. The van der Waals surface area contributed by atoms with Crippen LogP contribution in [0, 0.1) is 0 Å².